The van der Waals surface area contributed by atoms with Gasteiger partial charge in [-0.1, -0.05) is 11.8 Å². The summed E-state index contributed by atoms with van der Waals surface area (Å²) in [4.78, 5) is 24.8. The maximum Gasteiger partial charge on any atom is 0.313 e. The van der Waals surface area contributed by atoms with Crippen molar-refractivity contribution in [2.24, 2.45) is 0 Å². The molecule has 0 saturated carbocycles. The number of carbonyl (C=O) groups is 1. The van der Waals surface area contributed by atoms with Crippen LogP contribution in [0.4, 0.5) is 5.69 Å². The first-order chi connectivity index (χ1) is 8.56. The molecule has 18 heavy (non-hydrogen) atoms. The standard InChI is InChI=1S/C11H8N2O4S/c14-11(15)6-18-10-4-1-7-5-8(13(16)17)2-3-9(7)12-10/h1-5H,6H2,(H,14,15). The van der Waals surface area contributed by atoms with Gasteiger partial charge in [0.1, 0.15) is 0 Å². The van der Waals surface area contributed by atoms with Crippen molar-refractivity contribution in [3.8, 4) is 0 Å². The molecule has 0 unspecified atom stereocenters. The Balaban J connectivity index is 2.32. The minimum absolute atomic E-state index is 0.00948. The van der Waals surface area contributed by atoms with E-state index in [1.807, 2.05) is 0 Å². The lowest BCUT2D eigenvalue weighted by atomic mass is 10.2. The van der Waals surface area contributed by atoms with Crippen LogP contribution in [0.25, 0.3) is 10.9 Å². The zero-order chi connectivity index (χ0) is 13.1. The van der Waals surface area contributed by atoms with Gasteiger partial charge in [0.15, 0.2) is 0 Å². The van der Waals surface area contributed by atoms with Crippen LogP contribution < -0.4 is 0 Å². The number of aromatic nitrogens is 1. The molecule has 6 nitrogen and oxygen atoms in total. The highest BCUT2D eigenvalue weighted by molar-refractivity contribution is 7.99. The monoisotopic (exact) mass is 264 g/mol. The van der Waals surface area contributed by atoms with Crippen molar-refractivity contribution in [2.75, 3.05) is 5.75 Å². The lowest BCUT2D eigenvalue weighted by Gasteiger charge is -2.01. The Kier molecular flexibility index (Phi) is 3.42. The quantitative estimate of drug-likeness (QED) is 0.517. The van der Waals surface area contributed by atoms with Crippen molar-refractivity contribution in [1.29, 1.82) is 0 Å². The van der Waals surface area contributed by atoms with E-state index in [9.17, 15) is 14.9 Å². The highest BCUT2D eigenvalue weighted by atomic mass is 32.2. The predicted octanol–water partition coefficient (Wildman–Crippen LogP) is 2.32. The van der Waals surface area contributed by atoms with Gasteiger partial charge in [0, 0.05) is 17.5 Å². The second-order valence-electron chi connectivity index (χ2n) is 3.47. The number of pyridine rings is 1. The number of nitro groups is 1. The van der Waals surface area contributed by atoms with E-state index in [0.29, 0.717) is 15.9 Å². The average molecular weight is 264 g/mol. The van der Waals surface area contributed by atoms with Gasteiger partial charge >= 0.3 is 5.97 Å². The van der Waals surface area contributed by atoms with E-state index in [1.165, 1.54) is 12.1 Å². The van der Waals surface area contributed by atoms with E-state index in [-0.39, 0.29) is 11.4 Å². The van der Waals surface area contributed by atoms with E-state index < -0.39 is 10.9 Å². The largest absolute Gasteiger partial charge is 0.481 e. The Bertz CT molecular complexity index is 629. The summed E-state index contributed by atoms with van der Waals surface area (Å²) < 4.78 is 0. The number of carboxylic acid groups (broad SMARTS) is 1. The summed E-state index contributed by atoms with van der Waals surface area (Å²) in [6, 6.07) is 7.71. The molecule has 1 aromatic heterocycles. The van der Waals surface area contributed by atoms with Crippen LogP contribution in [0.3, 0.4) is 0 Å². The van der Waals surface area contributed by atoms with Gasteiger partial charge in [-0.3, -0.25) is 14.9 Å². The van der Waals surface area contributed by atoms with Crippen LogP contribution in [-0.4, -0.2) is 26.7 Å². The Morgan fingerprint density at radius 2 is 2.17 bits per heavy atom. The van der Waals surface area contributed by atoms with Crippen molar-refractivity contribution < 1.29 is 14.8 Å². The van der Waals surface area contributed by atoms with E-state index in [2.05, 4.69) is 4.98 Å². The molecule has 0 bridgehead atoms. The second-order valence-corrected chi connectivity index (χ2v) is 4.46. The number of rotatable bonds is 4. The van der Waals surface area contributed by atoms with Crippen LogP contribution in [0.2, 0.25) is 0 Å². The molecule has 0 saturated heterocycles. The third-order valence-electron chi connectivity index (χ3n) is 2.20. The number of aliphatic carboxylic acids is 1. The lowest BCUT2D eigenvalue weighted by Crippen LogP contribution is -1.98. The molecular weight excluding hydrogens is 256 g/mol. The molecule has 92 valence electrons. The fourth-order valence-electron chi connectivity index (χ4n) is 1.42. The summed E-state index contributed by atoms with van der Waals surface area (Å²) in [5.74, 6) is -0.975. The fourth-order valence-corrected chi connectivity index (χ4v) is 2.02. The zero-order valence-electron chi connectivity index (χ0n) is 9.07. The molecule has 1 heterocycles. The summed E-state index contributed by atoms with van der Waals surface area (Å²) in [5.41, 5.74) is 0.617. The minimum Gasteiger partial charge on any atom is -0.481 e. The van der Waals surface area contributed by atoms with E-state index >= 15 is 0 Å². The van der Waals surface area contributed by atoms with Gasteiger partial charge in [0.05, 0.1) is 21.2 Å². The van der Waals surface area contributed by atoms with Gasteiger partial charge in [-0.25, -0.2) is 4.98 Å². The molecule has 2 rings (SSSR count). The van der Waals surface area contributed by atoms with Crippen molar-refractivity contribution in [1.82, 2.24) is 4.98 Å². The van der Waals surface area contributed by atoms with Gasteiger partial charge < -0.3 is 5.11 Å². The Morgan fingerprint density at radius 1 is 1.39 bits per heavy atom. The molecule has 0 radical (unpaired) electrons. The van der Waals surface area contributed by atoms with Gasteiger partial charge in [-0.2, -0.15) is 0 Å². The molecule has 0 amide bonds. The minimum atomic E-state index is -0.911. The predicted molar refractivity (Wildman–Crippen MR) is 66.8 cm³/mol. The van der Waals surface area contributed by atoms with Crippen molar-refractivity contribution in [2.45, 2.75) is 5.03 Å². The van der Waals surface area contributed by atoms with E-state index in [0.717, 1.165) is 11.8 Å². The topological polar surface area (TPSA) is 93.3 Å². The molecule has 0 aliphatic rings. The number of benzene rings is 1. The van der Waals surface area contributed by atoms with Gasteiger partial charge in [0.2, 0.25) is 0 Å². The summed E-state index contributed by atoms with van der Waals surface area (Å²) in [6.45, 7) is 0. The number of non-ortho nitro benzene ring substituents is 1. The summed E-state index contributed by atoms with van der Waals surface area (Å²) in [6.07, 6.45) is 0. The summed E-state index contributed by atoms with van der Waals surface area (Å²) >= 11 is 1.11. The van der Waals surface area contributed by atoms with Crippen LogP contribution in [0, 0.1) is 10.1 Å². The molecule has 2 aromatic rings. The van der Waals surface area contributed by atoms with Crippen LogP contribution in [0.1, 0.15) is 0 Å². The normalized spacial score (nSPS) is 10.4. The first kappa shape index (κ1) is 12.3. The molecule has 7 heteroatoms. The van der Waals surface area contributed by atoms with Crippen LogP contribution in [-0.2, 0) is 4.79 Å². The highest BCUT2D eigenvalue weighted by Gasteiger charge is 2.08. The van der Waals surface area contributed by atoms with Crippen molar-refractivity contribution in [3.05, 3.63) is 40.4 Å². The maximum atomic E-state index is 10.6. The number of hydrogen-bond donors (Lipinski definition) is 1. The molecule has 0 aliphatic carbocycles. The van der Waals surface area contributed by atoms with Crippen molar-refractivity contribution >= 4 is 34.3 Å². The smallest absolute Gasteiger partial charge is 0.313 e. The Morgan fingerprint density at radius 3 is 2.83 bits per heavy atom. The average Bonchev–Trinajstić information content (AvgIpc) is 2.35. The SMILES string of the molecule is O=C(O)CSc1ccc2cc([N+](=O)[O-])ccc2n1. The molecule has 0 spiro atoms. The molecular formula is C11H8N2O4S. The van der Waals surface area contributed by atoms with Crippen LogP contribution >= 0.6 is 11.8 Å². The zero-order valence-corrected chi connectivity index (χ0v) is 9.88. The van der Waals surface area contributed by atoms with Crippen LogP contribution in [0.5, 0.6) is 0 Å². The number of hydrogen-bond acceptors (Lipinski definition) is 5. The first-order valence-corrected chi connectivity index (χ1v) is 5.94. The maximum absolute atomic E-state index is 10.6. The Labute approximate surface area is 106 Å². The van der Waals surface area contributed by atoms with Crippen molar-refractivity contribution in [3.63, 3.8) is 0 Å². The molecule has 1 N–H and O–H groups in total. The van der Waals surface area contributed by atoms with Crippen LogP contribution in [0.15, 0.2) is 35.4 Å². The third-order valence-corrected chi connectivity index (χ3v) is 3.12. The molecule has 1 aromatic carbocycles. The van der Waals surface area contributed by atoms with Gasteiger partial charge in [-0.05, 0) is 18.2 Å². The number of nitro benzene ring substituents is 1. The van der Waals surface area contributed by atoms with Gasteiger partial charge in [0.25, 0.3) is 5.69 Å². The molecule has 0 fully saturated rings. The number of fused-ring (bicyclic) bond motifs is 1. The number of thioether (sulfide) groups is 1. The van der Waals surface area contributed by atoms with Gasteiger partial charge in [-0.15, -0.1) is 0 Å². The number of carboxylic acids is 1. The fraction of sp³-hybridized carbons (Fsp3) is 0.0909. The molecule has 0 atom stereocenters. The highest BCUT2D eigenvalue weighted by Crippen LogP contribution is 2.23. The number of nitrogens with zero attached hydrogens (tertiary/aromatic N) is 2. The lowest BCUT2D eigenvalue weighted by molar-refractivity contribution is -0.384. The second kappa shape index (κ2) is 5.01. The van der Waals surface area contributed by atoms with E-state index in [4.69, 9.17) is 5.11 Å². The van der Waals surface area contributed by atoms with E-state index in [1.54, 1.807) is 18.2 Å². The molecule has 0 aliphatic heterocycles. The first-order valence-electron chi connectivity index (χ1n) is 4.96. The summed E-state index contributed by atoms with van der Waals surface area (Å²) in [7, 11) is 0. The summed E-state index contributed by atoms with van der Waals surface area (Å²) in [5, 5.41) is 20.4. The third kappa shape index (κ3) is 2.75. The Hall–Kier alpha value is -2.15.